The molecule has 1 aliphatic rings. The van der Waals surface area contributed by atoms with Crippen LogP contribution in [0.5, 0.6) is 11.5 Å². The lowest BCUT2D eigenvalue weighted by atomic mass is 9.88. The highest BCUT2D eigenvalue weighted by atomic mass is 32.2. The third kappa shape index (κ3) is 4.57. The fourth-order valence-corrected chi connectivity index (χ4v) is 5.86. The molecule has 0 spiro atoms. The Kier molecular flexibility index (Phi) is 6.25. The smallest absolute Gasteiger partial charge is 0.126 e. The number of benzene rings is 3. The van der Waals surface area contributed by atoms with Crippen molar-refractivity contribution in [3.05, 3.63) is 70.3 Å². The van der Waals surface area contributed by atoms with Crippen molar-refractivity contribution in [2.45, 2.75) is 59.0 Å². The molecule has 3 aromatic rings. The Morgan fingerprint density at radius 2 is 1.77 bits per heavy atom. The molecule has 0 radical (unpaired) electrons. The van der Waals surface area contributed by atoms with Crippen LogP contribution in [0.25, 0.3) is 10.8 Å². The fraction of sp³-hybridized carbons (Fsp3) is 0.429. The number of aryl methyl sites for hydroxylation is 2. The number of hydrogen-bond acceptors (Lipinski definition) is 3. The number of methoxy groups -OCH3 is 1. The Balaban J connectivity index is 1.40. The predicted octanol–water partition coefficient (Wildman–Crippen LogP) is 7.39. The Labute approximate surface area is 191 Å². The number of hydrogen-bond donors (Lipinski definition) is 0. The summed E-state index contributed by atoms with van der Waals surface area (Å²) in [4.78, 5) is 0. The van der Waals surface area contributed by atoms with Gasteiger partial charge in [0.05, 0.1) is 7.11 Å². The van der Waals surface area contributed by atoms with Crippen LogP contribution in [0.3, 0.4) is 0 Å². The van der Waals surface area contributed by atoms with Gasteiger partial charge in [0.2, 0.25) is 0 Å². The van der Waals surface area contributed by atoms with E-state index in [1.165, 1.54) is 38.6 Å². The third-order valence-electron chi connectivity index (χ3n) is 6.78. The van der Waals surface area contributed by atoms with E-state index in [-0.39, 0.29) is 5.60 Å². The molecule has 0 N–H and O–H groups in total. The van der Waals surface area contributed by atoms with Gasteiger partial charge in [-0.15, -0.1) is 0 Å². The minimum Gasteiger partial charge on any atom is -0.497 e. The van der Waals surface area contributed by atoms with Gasteiger partial charge in [-0.05, 0) is 97.2 Å². The van der Waals surface area contributed by atoms with Gasteiger partial charge in [-0.2, -0.15) is 11.8 Å². The average molecular weight is 435 g/mol. The fourth-order valence-electron chi connectivity index (χ4n) is 4.57. The molecule has 1 aliphatic heterocycles. The van der Waals surface area contributed by atoms with E-state index in [2.05, 4.69) is 71.0 Å². The number of ether oxygens (including phenoxy) is 2. The van der Waals surface area contributed by atoms with E-state index in [4.69, 9.17) is 9.47 Å². The van der Waals surface area contributed by atoms with Gasteiger partial charge in [-0.3, -0.25) is 0 Å². The van der Waals surface area contributed by atoms with Crippen molar-refractivity contribution >= 4 is 22.5 Å². The molecule has 0 saturated heterocycles. The molecular formula is C28H34O2S. The van der Waals surface area contributed by atoms with Crippen molar-refractivity contribution in [1.29, 1.82) is 0 Å². The predicted molar refractivity (Wildman–Crippen MR) is 134 cm³/mol. The molecular weight excluding hydrogens is 400 g/mol. The van der Waals surface area contributed by atoms with Crippen molar-refractivity contribution in [3.63, 3.8) is 0 Å². The van der Waals surface area contributed by atoms with E-state index in [1.807, 2.05) is 17.8 Å². The van der Waals surface area contributed by atoms with Crippen LogP contribution in [0.15, 0.2) is 42.5 Å². The molecule has 2 atom stereocenters. The van der Waals surface area contributed by atoms with Crippen LogP contribution in [0.4, 0.5) is 0 Å². The molecule has 31 heavy (non-hydrogen) atoms. The minimum atomic E-state index is -0.0949. The van der Waals surface area contributed by atoms with Crippen LogP contribution in [0.2, 0.25) is 0 Å². The first-order chi connectivity index (χ1) is 14.8. The third-order valence-corrected chi connectivity index (χ3v) is 8.33. The first-order valence-electron chi connectivity index (χ1n) is 11.2. The molecule has 3 heteroatoms. The van der Waals surface area contributed by atoms with E-state index < -0.39 is 0 Å². The van der Waals surface area contributed by atoms with Gasteiger partial charge < -0.3 is 9.47 Å². The molecule has 0 fully saturated rings. The monoisotopic (exact) mass is 434 g/mol. The maximum absolute atomic E-state index is 6.65. The van der Waals surface area contributed by atoms with Crippen LogP contribution >= 0.6 is 11.8 Å². The molecule has 4 rings (SSSR count). The highest BCUT2D eigenvalue weighted by Crippen LogP contribution is 2.40. The van der Waals surface area contributed by atoms with Gasteiger partial charge in [-0.25, -0.2) is 0 Å². The van der Waals surface area contributed by atoms with Crippen LogP contribution in [-0.2, 0) is 6.42 Å². The summed E-state index contributed by atoms with van der Waals surface area (Å²) in [7, 11) is 1.72. The quantitative estimate of drug-likeness (QED) is 0.403. The Bertz CT molecular complexity index is 1100. The molecule has 3 aromatic carbocycles. The zero-order valence-electron chi connectivity index (χ0n) is 19.7. The van der Waals surface area contributed by atoms with Crippen LogP contribution in [-0.4, -0.2) is 24.2 Å². The Morgan fingerprint density at radius 3 is 2.55 bits per heavy atom. The minimum absolute atomic E-state index is 0.0949. The van der Waals surface area contributed by atoms with E-state index in [0.29, 0.717) is 5.92 Å². The molecule has 164 valence electrons. The van der Waals surface area contributed by atoms with E-state index in [0.717, 1.165) is 35.8 Å². The van der Waals surface area contributed by atoms with Crippen LogP contribution in [0, 0.1) is 20.8 Å². The van der Waals surface area contributed by atoms with Crippen molar-refractivity contribution in [2.75, 3.05) is 18.6 Å². The highest BCUT2D eigenvalue weighted by molar-refractivity contribution is 7.99. The summed E-state index contributed by atoms with van der Waals surface area (Å²) < 4.78 is 12.0. The first kappa shape index (κ1) is 22.1. The highest BCUT2D eigenvalue weighted by Gasteiger charge is 2.33. The standard InChI is InChI=1S/C28H34O2S/c1-18-13-19(2)26-11-12-28(5,30-27(26)21(18)4)17-31-16-20(3)22-7-8-24-15-25(29-6)10-9-23(24)14-22/h7-10,13-15,20H,11-12,16-17H2,1-6H3. The van der Waals surface area contributed by atoms with Crippen LogP contribution in [0.1, 0.15) is 54.0 Å². The van der Waals surface area contributed by atoms with E-state index >= 15 is 0 Å². The SMILES string of the molecule is COc1ccc2cc(C(C)CSCC3(C)CCc4c(C)cc(C)c(C)c4O3)ccc2c1. The normalized spacial score (nSPS) is 19.0. The molecule has 0 aliphatic carbocycles. The zero-order valence-corrected chi connectivity index (χ0v) is 20.5. The number of rotatable bonds is 6. The second-order valence-corrected chi connectivity index (χ2v) is 10.4. The summed E-state index contributed by atoms with van der Waals surface area (Å²) in [6, 6.07) is 15.4. The summed E-state index contributed by atoms with van der Waals surface area (Å²) in [6.45, 7) is 11.2. The lowest BCUT2D eigenvalue weighted by molar-refractivity contribution is 0.0882. The van der Waals surface area contributed by atoms with Crippen LogP contribution < -0.4 is 9.47 Å². The van der Waals surface area contributed by atoms with Gasteiger partial charge in [0, 0.05) is 11.5 Å². The Hall–Kier alpha value is -2.13. The maximum atomic E-state index is 6.65. The summed E-state index contributed by atoms with van der Waals surface area (Å²) in [5.74, 6) is 4.67. The molecule has 2 unspecified atom stereocenters. The second-order valence-electron chi connectivity index (χ2n) is 9.38. The van der Waals surface area contributed by atoms with E-state index in [9.17, 15) is 0 Å². The van der Waals surface area contributed by atoms with Gasteiger partial charge in [0.25, 0.3) is 0 Å². The molecule has 0 amide bonds. The van der Waals surface area contributed by atoms with Crippen molar-refractivity contribution < 1.29 is 9.47 Å². The number of fused-ring (bicyclic) bond motifs is 2. The number of thioether (sulfide) groups is 1. The second kappa shape index (κ2) is 8.78. The molecule has 2 nitrogen and oxygen atoms in total. The lowest BCUT2D eigenvalue weighted by Crippen LogP contribution is -2.39. The maximum Gasteiger partial charge on any atom is 0.126 e. The first-order valence-corrected chi connectivity index (χ1v) is 12.4. The largest absolute Gasteiger partial charge is 0.497 e. The van der Waals surface area contributed by atoms with Gasteiger partial charge in [-0.1, -0.05) is 37.3 Å². The van der Waals surface area contributed by atoms with E-state index in [1.54, 1.807) is 7.11 Å². The molecule has 0 bridgehead atoms. The van der Waals surface area contributed by atoms with Gasteiger partial charge in [0.1, 0.15) is 17.1 Å². The summed E-state index contributed by atoms with van der Waals surface area (Å²) in [5.41, 5.74) is 6.71. The molecule has 0 saturated carbocycles. The van der Waals surface area contributed by atoms with Crippen molar-refractivity contribution in [3.8, 4) is 11.5 Å². The van der Waals surface area contributed by atoms with Crippen molar-refractivity contribution in [1.82, 2.24) is 0 Å². The zero-order chi connectivity index (χ0) is 22.2. The molecule has 1 heterocycles. The molecule has 0 aromatic heterocycles. The topological polar surface area (TPSA) is 18.5 Å². The van der Waals surface area contributed by atoms with Gasteiger partial charge in [0.15, 0.2) is 0 Å². The average Bonchev–Trinajstić information content (AvgIpc) is 2.76. The van der Waals surface area contributed by atoms with Gasteiger partial charge >= 0.3 is 0 Å². The lowest BCUT2D eigenvalue weighted by Gasteiger charge is -2.37. The summed E-state index contributed by atoms with van der Waals surface area (Å²) >= 11 is 2.02. The Morgan fingerprint density at radius 1 is 1.03 bits per heavy atom. The summed E-state index contributed by atoms with van der Waals surface area (Å²) in [5, 5.41) is 2.50. The summed E-state index contributed by atoms with van der Waals surface area (Å²) in [6.07, 6.45) is 2.20. The van der Waals surface area contributed by atoms with Crippen molar-refractivity contribution in [2.24, 2.45) is 0 Å².